The third-order valence-electron chi connectivity index (χ3n) is 4.41. The Labute approximate surface area is 124 Å². The summed E-state index contributed by atoms with van der Waals surface area (Å²) in [5.74, 6) is -0.278. The van der Waals surface area contributed by atoms with Crippen LogP contribution < -0.4 is 5.32 Å². The molecule has 0 bridgehead atoms. The highest BCUT2D eigenvalue weighted by molar-refractivity contribution is 7.89. The predicted octanol–water partition coefficient (Wildman–Crippen LogP) is 1.37. The van der Waals surface area contributed by atoms with Crippen LogP contribution in [0.5, 0.6) is 0 Å². The van der Waals surface area contributed by atoms with Crippen LogP contribution >= 0.6 is 0 Å². The average molecular weight is 313 g/mol. The summed E-state index contributed by atoms with van der Waals surface area (Å²) < 4.78 is 39.9. The molecule has 0 aliphatic carbocycles. The number of pyridine rings is 1. The smallest absolute Gasteiger partial charge is 0.244 e. The molecule has 0 radical (unpaired) electrons. The minimum atomic E-state index is -3.64. The molecule has 5 nitrogen and oxygen atoms in total. The summed E-state index contributed by atoms with van der Waals surface area (Å²) >= 11 is 0. The van der Waals surface area contributed by atoms with Crippen molar-refractivity contribution in [1.82, 2.24) is 14.6 Å². The van der Waals surface area contributed by atoms with Gasteiger partial charge in [-0.2, -0.15) is 4.31 Å². The number of nitrogens with zero attached hydrogens (tertiary/aromatic N) is 2. The van der Waals surface area contributed by atoms with E-state index in [-0.39, 0.29) is 4.90 Å². The van der Waals surface area contributed by atoms with Crippen LogP contribution in [-0.4, -0.2) is 43.4 Å². The molecule has 2 aliphatic heterocycles. The lowest BCUT2D eigenvalue weighted by molar-refractivity contribution is 0.226. The Morgan fingerprint density at radius 2 is 2.14 bits per heavy atom. The van der Waals surface area contributed by atoms with Crippen molar-refractivity contribution in [3.05, 3.63) is 24.3 Å². The largest absolute Gasteiger partial charge is 0.314 e. The van der Waals surface area contributed by atoms with Crippen molar-refractivity contribution in [2.24, 2.45) is 5.92 Å². The van der Waals surface area contributed by atoms with Crippen LogP contribution in [0.3, 0.4) is 0 Å². The number of hydrogen-bond acceptors (Lipinski definition) is 4. The number of halogens is 1. The summed E-state index contributed by atoms with van der Waals surface area (Å²) in [5.41, 5.74) is 0. The van der Waals surface area contributed by atoms with E-state index in [1.807, 2.05) is 0 Å². The van der Waals surface area contributed by atoms with Crippen LogP contribution in [0.1, 0.15) is 25.7 Å². The topological polar surface area (TPSA) is 62.3 Å². The molecule has 3 heterocycles. The van der Waals surface area contributed by atoms with E-state index < -0.39 is 15.8 Å². The fraction of sp³-hybridized carbons (Fsp3) is 0.643. The molecule has 2 unspecified atom stereocenters. The Hall–Kier alpha value is -1.05. The van der Waals surface area contributed by atoms with Crippen LogP contribution in [0, 0.1) is 11.7 Å². The van der Waals surface area contributed by atoms with Crippen molar-refractivity contribution in [3.63, 3.8) is 0 Å². The second kappa shape index (κ2) is 5.98. The monoisotopic (exact) mass is 313 g/mol. The van der Waals surface area contributed by atoms with Crippen LogP contribution in [-0.2, 0) is 10.0 Å². The molecule has 2 fully saturated rings. The molecule has 0 saturated carbocycles. The highest BCUT2D eigenvalue weighted by Gasteiger charge is 2.34. The number of sulfonamides is 1. The summed E-state index contributed by atoms with van der Waals surface area (Å²) in [7, 11) is -3.64. The van der Waals surface area contributed by atoms with Gasteiger partial charge in [-0.3, -0.25) is 4.98 Å². The summed E-state index contributed by atoms with van der Waals surface area (Å²) in [6.07, 6.45) is 6.40. The lowest BCUT2D eigenvalue weighted by atomic mass is 9.91. The molecule has 3 rings (SSSR count). The third-order valence-corrected chi connectivity index (χ3v) is 6.24. The highest BCUT2D eigenvalue weighted by Crippen LogP contribution is 2.28. The molecular formula is C14H20FN3O2S. The first-order valence-corrected chi connectivity index (χ1v) is 8.85. The first-order valence-electron chi connectivity index (χ1n) is 7.41. The zero-order valence-corrected chi connectivity index (χ0v) is 12.7. The number of nitrogens with one attached hydrogen (secondary N) is 1. The van der Waals surface area contributed by atoms with Gasteiger partial charge in [-0.05, 0) is 44.2 Å². The maximum absolute atomic E-state index is 13.2. The molecule has 2 atom stereocenters. The van der Waals surface area contributed by atoms with Gasteiger partial charge in [0, 0.05) is 25.3 Å². The number of rotatable bonds is 3. The van der Waals surface area contributed by atoms with E-state index in [2.05, 4.69) is 10.3 Å². The van der Waals surface area contributed by atoms with Crippen molar-refractivity contribution in [2.45, 2.75) is 36.6 Å². The predicted molar refractivity (Wildman–Crippen MR) is 76.7 cm³/mol. The van der Waals surface area contributed by atoms with Crippen LogP contribution in [0.15, 0.2) is 23.4 Å². The summed E-state index contributed by atoms with van der Waals surface area (Å²) in [4.78, 5) is 3.60. The van der Waals surface area contributed by atoms with Gasteiger partial charge in [0.05, 0.1) is 6.20 Å². The summed E-state index contributed by atoms with van der Waals surface area (Å²) in [5, 5.41) is 3.45. The Bertz CT molecular complexity index is 602. The van der Waals surface area contributed by atoms with E-state index in [0.717, 1.165) is 44.5 Å². The first-order chi connectivity index (χ1) is 10.1. The Morgan fingerprint density at radius 3 is 2.86 bits per heavy atom. The van der Waals surface area contributed by atoms with Crippen LogP contribution in [0.2, 0.25) is 0 Å². The number of hydrogen-bond donors (Lipinski definition) is 1. The molecular weight excluding hydrogens is 293 g/mol. The lowest BCUT2D eigenvalue weighted by Crippen LogP contribution is -2.45. The maximum Gasteiger partial charge on any atom is 0.244 e. The Morgan fingerprint density at radius 1 is 1.29 bits per heavy atom. The van der Waals surface area contributed by atoms with Gasteiger partial charge in [0.1, 0.15) is 10.7 Å². The maximum atomic E-state index is 13.2. The summed E-state index contributed by atoms with van der Waals surface area (Å²) in [6.45, 7) is 2.03. The van der Waals surface area contributed by atoms with Gasteiger partial charge in [0.2, 0.25) is 10.0 Å². The lowest BCUT2D eigenvalue weighted by Gasteiger charge is -2.35. The molecule has 2 saturated heterocycles. The van der Waals surface area contributed by atoms with Gasteiger partial charge in [0.25, 0.3) is 0 Å². The molecule has 2 aliphatic rings. The fourth-order valence-corrected chi connectivity index (χ4v) is 4.83. The standard InChI is InChI=1S/C14H20FN3O2S/c15-12-7-13(9-16-8-12)21(19,20)18-6-2-3-11(10-18)14-4-1-5-17-14/h7-9,11,14,17H,1-6,10H2. The molecule has 1 aromatic heterocycles. The fourth-order valence-electron chi connectivity index (χ4n) is 3.32. The molecule has 21 heavy (non-hydrogen) atoms. The highest BCUT2D eigenvalue weighted by atomic mass is 32.2. The molecule has 1 aromatic rings. The zero-order chi connectivity index (χ0) is 14.9. The molecule has 0 aromatic carbocycles. The zero-order valence-electron chi connectivity index (χ0n) is 11.8. The van der Waals surface area contributed by atoms with Crippen molar-refractivity contribution in [1.29, 1.82) is 0 Å². The van der Waals surface area contributed by atoms with Crippen molar-refractivity contribution in [3.8, 4) is 0 Å². The Balaban J connectivity index is 1.78. The van der Waals surface area contributed by atoms with E-state index in [1.54, 1.807) is 0 Å². The van der Waals surface area contributed by atoms with E-state index in [9.17, 15) is 12.8 Å². The average Bonchev–Trinajstić information content (AvgIpc) is 3.02. The first kappa shape index (κ1) is 14.9. The van der Waals surface area contributed by atoms with Crippen LogP contribution in [0.25, 0.3) is 0 Å². The molecule has 0 spiro atoms. The van der Waals surface area contributed by atoms with E-state index in [1.165, 1.54) is 10.5 Å². The van der Waals surface area contributed by atoms with Crippen molar-refractivity contribution in [2.75, 3.05) is 19.6 Å². The minimum absolute atomic E-state index is 0.0532. The quantitative estimate of drug-likeness (QED) is 0.915. The van der Waals surface area contributed by atoms with Gasteiger partial charge in [-0.25, -0.2) is 12.8 Å². The second-order valence-electron chi connectivity index (χ2n) is 5.81. The normalized spacial score (nSPS) is 27.9. The van der Waals surface area contributed by atoms with E-state index in [0.29, 0.717) is 25.0 Å². The van der Waals surface area contributed by atoms with Gasteiger partial charge in [-0.15, -0.1) is 0 Å². The van der Waals surface area contributed by atoms with Gasteiger partial charge in [-0.1, -0.05) is 0 Å². The molecule has 7 heteroatoms. The SMILES string of the molecule is O=S(=O)(c1cncc(F)c1)N1CCCC(C2CCCN2)C1. The van der Waals surface area contributed by atoms with Crippen LogP contribution in [0.4, 0.5) is 4.39 Å². The van der Waals surface area contributed by atoms with E-state index >= 15 is 0 Å². The van der Waals surface area contributed by atoms with Crippen molar-refractivity contribution >= 4 is 10.0 Å². The Kier molecular flexibility index (Phi) is 4.24. The minimum Gasteiger partial charge on any atom is -0.314 e. The van der Waals surface area contributed by atoms with Gasteiger partial charge < -0.3 is 5.32 Å². The third kappa shape index (κ3) is 3.09. The van der Waals surface area contributed by atoms with Gasteiger partial charge in [0.15, 0.2) is 0 Å². The molecule has 116 valence electrons. The van der Waals surface area contributed by atoms with Gasteiger partial charge >= 0.3 is 0 Å². The van der Waals surface area contributed by atoms with Crippen molar-refractivity contribution < 1.29 is 12.8 Å². The summed E-state index contributed by atoms with van der Waals surface area (Å²) in [6, 6.07) is 1.45. The number of aromatic nitrogens is 1. The molecule has 1 N–H and O–H groups in total. The number of piperidine rings is 1. The van der Waals surface area contributed by atoms with E-state index in [4.69, 9.17) is 0 Å². The molecule has 0 amide bonds. The second-order valence-corrected chi connectivity index (χ2v) is 7.75.